The van der Waals surface area contributed by atoms with Crippen LogP contribution in [0.1, 0.15) is 88.8 Å². The van der Waals surface area contributed by atoms with Crippen molar-refractivity contribution in [1.82, 2.24) is 0 Å². The molecule has 0 nitrogen and oxygen atoms in total. The van der Waals surface area contributed by atoms with E-state index >= 15 is 0 Å². The fraction of sp³-hybridized carbons (Fsp3) is 0.652. The van der Waals surface area contributed by atoms with Gasteiger partial charge in [-0.15, -0.1) is 22.7 Å². The van der Waals surface area contributed by atoms with E-state index < -0.39 is 0 Å². The standard InChI is InChI=1S/C23H32F2S2/c1-14(2)15-8-6-10-16(11-7-9-15)19-12-17(24)21(26-19)22-18(25)13-20(27-22)23(3,4)5/h12-16H,6-11H2,1-5H3. The van der Waals surface area contributed by atoms with Gasteiger partial charge < -0.3 is 0 Å². The lowest BCUT2D eigenvalue weighted by atomic mass is 9.80. The molecular weight excluding hydrogens is 378 g/mol. The number of rotatable bonds is 3. The lowest BCUT2D eigenvalue weighted by molar-refractivity contribution is 0.288. The third kappa shape index (κ3) is 4.82. The summed E-state index contributed by atoms with van der Waals surface area (Å²) in [4.78, 5) is 3.04. The van der Waals surface area contributed by atoms with Crippen molar-refractivity contribution < 1.29 is 8.78 Å². The van der Waals surface area contributed by atoms with Crippen LogP contribution in [0.5, 0.6) is 0 Å². The van der Waals surface area contributed by atoms with Crippen LogP contribution in [0.4, 0.5) is 8.78 Å². The van der Waals surface area contributed by atoms with Crippen LogP contribution in [-0.2, 0) is 5.41 Å². The van der Waals surface area contributed by atoms with Crippen molar-refractivity contribution >= 4 is 22.7 Å². The highest BCUT2D eigenvalue weighted by atomic mass is 32.1. The van der Waals surface area contributed by atoms with Crippen LogP contribution in [0.25, 0.3) is 9.75 Å². The average molecular weight is 411 g/mol. The molecule has 2 aromatic rings. The Balaban J connectivity index is 1.80. The first-order valence-corrected chi connectivity index (χ1v) is 11.9. The zero-order valence-corrected chi connectivity index (χ0v) is 18.8. The van der Waals surface area contributed by atoms with Crippen LogP contribution >= 0.6 is 22.7 Å². The van der Waals surface area contributed by atoms with E-state index in [0.717, 1.165) is 34.4 Å². The second-order valence-electron chi connectivity index (χ2n) is 9.43. The molecule has 0 unspecified atom stereocenters. The number of thiophene rings is 2. The van der Waals surface area contributed by atoms with Crippen molar-refractivity contribution in [2.24, 2.45) is 11.8 Å². The SMILES string of the molecule is CC(C)C1CCCC(c2cc(F)c(-c3sc(C(C)(C)C)cc3F)s2)CCC1. The molecule has 1 aliphatic carbocycles. The molecule has 0 aliphatic heterocycles. The van der Waals surface area contributed by atoms with E-state index in [9.17, 15) is 8.78 Å². The van der Waals surface area contributed by atoms with E-state index in [2.05, 4.69) is 34.6 Å². The molecule has 0 bridgehead atoms. The molecule has 0 atom stereocenters. The molecule has 2 aromatic heterocycles. The molecule has 3 rings (SSSR count). The van der Waals surface area contributed by atoms with Crippen molar-refractivity contribution in [2.75, 3.05) is 0 Å². The number of hydrogen-bond donors (Lipinski definition) is 0. The van der Waals surface area contributed by atoms with Gasteiger partial charge in [0.15, 0.2) is 0 Å². The monoisotopic (exact) mass is 410 g/mol. The Labute approximate surface area is 171 Å². The third-order valence-electron chi connectivity index (χ3n) is 5.94. The minimum Gasteiger partial charge on any atom is -0.205 e. The summed E-state index contributed by atoms with van der Waals surface area (Å²) in [5.41, 5.74) is -0.118. The Morgan fingerprint density at radius 1 is 0.889 bits per heavy atom. The van der Waals surface area contributed by atoms with Crippen LogP contribution in [0.15, 0.2) is 12.1 Å². The smallest absolute Gasteiger partial charge is 0.143 e. The second-order valence-corrected chi connectivity index (χ2v) is 11.6. The summed E-state index contributed by atoms with van der Waals surface area (Å²) >= 11 is 2.88. The van der Waals surface area contributed by atoms with Gasteiger partial charge in [-0.25, -0.2) is 8.78 Å². The van der Waals surface area contributed by atoms with Crippen molar-refractivity contribution in [3.63, 3.8) is 0 Å². The zero-order chi connectivity index (χ0) is 19.8. The molecule has 4 heteroatoms. The maximum atomic E-state index is 14.7. The minimum atomic E-state index is -0.283. The van der Waals surface area contributed by atoms with Crippen molar-refractivity contribution in [1.29, 1.82) is 0 Å². The van der Waals surface area contributed by atoms with E-state index in [-0.39, 0.29) is 17.0 Å². The van der Waals surface area contributed by atoms with Gasteiger partial charge in [0.2, 0.25) is 0 Å². The van der Waals surface area contributed by atoms with Gasteiger partial charge in [0.1, 0.15) is 11.6 Å². The van der Waals surface area contributed by atoms with Gasteiger partial charge in [0.05, 0.1) is 9.75 Å². The Kier molecular flexibility index (Phi) is 6.47. The highest BCUT2D eigenvalue weighted by molar-refractivity contribution is 7.22. The first kappa shape index (κ1) is 21.0. The van der Waals surface area contributed by atoms with Crippen molar-refractivity contribution in [3.8, 4) is 9.75 Å². The Bertz CT molecular complexity index is 754. The van der Waals surface area contributed by atoms with E-state index in [0.29, 0.717) is 15.7 Å². The van der Waals surface area contributed by atoms with Crippen molar-refractivity contribution in [2.45, 2.75) is 84.5 Å². The van der Waals surface area contributed by atoms with E-state index in [4.69, 9.17) is 0 Å². The molecule has 0 spiro atoms. The van der Waals surface area contributed by atoms with Gasteiger partial charge in [-0.3, -0.25) is 0 Å². The molecule has 2 heterocycles. The average Bonchev–Trinajstić information content (AvgIpc) is 3.09. The van der Waals surface area contributed by atoms with E-state index in [1.165, 1.54) is 48.4 Å². The number of halogens is 2. The summed E-state index contributed by atoms with van der Waals surface area (Å²) in [6, 6.07) is 3.27. The molecule has 0 N–H and O–H groups in total. The molecule has 0 saturated heterocycles. The first-order valence-electron chi connectivity index (χ1n) is 10.3. The summed E-state index contributed by atoms with van der Waals surface area (Å²) in [7, 11) is 0. The lowest BCUT2D eigenvalue weighted by Gasteiger charge is -2.26. The molecular formula is C23H32F2S2. The molecule has 0 aromatic carbocycles. The molecule has 150 valence electrons. The fourth-order valence-corrected chi connectivity index (χ4v) is 6.56. The zero-order valence-electron chi connectivity index (χ0n) is 17.2. The predicted octanol–water partition coefficient (Wildman–Crippen LogP) is 8.76. The highest BCUT2D eigenvalue weighted by Crippen LogP contribution is 2.45. The second kappa shape index (κ2) is 8.32. The Morgan fingerprint density at radius 3 is 1.96 bits per heavy atom. The lowest BCUT2D eigenvalue weighted by Crippen LogP contribution is -2.12. The molecule has 1 aliphatic rings. The van der Waals surface area contributed by atoms with Crippen molar-refractivity contribution in [3.05, 3.63) is 33.5 Å². The minimum absolute atomic E-state index is 0.118. The van der Waals surface area contributed by atoms with Gasteiger partial charge in [0.25, 0.3) is 0 Å². The largest absolute Gasteiger partial charge is 0.205 e. The van der Waals surface area contributed by atoms with Crippen LogP contribution in [0, 0.1) is 23.5 Å². The normalized spacial score (nSPS) is 22.1. The van der Waals surface area contributed by atoms with Crippen LogP contribution in [-0.4, -0.2) is 0 Å². The summed E-state index contributed by atoms with van der Waals surface area (Å²) in [5.74, 6) is 1.48. The quantitative estimate of drug-likeness (QED) is 0.474. The fourth-order valence-electron chi connectivity index (χ4n) is 4.13. The van der Waals surface area contributed by atoms with Gasteiger partial charge in [-0.1, -0.05) is 60.3 Å². The summed E-state index contributed by atoms with van der Waals surface area (Å²) in [6.07, 6.45) is 7.24. The van der Waals surface area contributed by atoms with Crippen LogP contribution < -0.4 is 0 Å². The Morgan fingerprint density at radius 2 is 1.44 bits per heavy atom. The van der Waals surface area contributed by atoms with Gasteiger partial charge in [-0.05, 0) is 48.1 Å². The predicted molar refractivity (Wildman–Crippen MR) is 115 cm³/mol. The number of hydrogen-bond acceptors (Lipinski definition) is 2. The van der Waals surface area contributed by atoms with Gasteiger partial charge in [0, 0.05) is 9.75 Å². The van der Waals surface area contributed by atoms with Crippen LogP contribution in [0.2, 0.25) is 0 Å². The Hall–Kier alpha value is -0.740. The third-order valence-corrected chi connectivity index (χ3v) is 8.91. The van der Waals surface area contributed by atoms with E-state index in [1.54, 1.807) is 12.1 Å². The first-order chi connectivity index (χ1) is 12.7. The summed E-state index contributed by atoms with van der Waals surface area (Å²) in [5, 5.41) is 0. The van der Waals surface area contributed by atoms with Gasteiger partial charge in [-0.2, -0.15) is 0 Å². The van der Waals surface area contributed by atoms with Gasteiger partial charge >= 0.3 is 0 Å². The van der Waals surface area contributed by atoms with E-state index in [1.807, 2.05) is 0 Å². The maximum Gasteiger partial charge on any atom is 0.143 e. The maximum absolute atomic E-state index is 14.7. The topological polar surface area (TPSA) is 0 Å². The van der Waals surface area contributed by atoms with Crippen LogP contribution in [0.3, 0.4) is 0 Å². The molecule has 1 fully saturated rings. The molecule has 27 heavy (non-hydrogen) atoms. The summed E-state index contributed by atoms with van der Waals surface area (Å²) in [6.45, 7) is 10.9. The summed E-state index contributed by atoms with van der Waals surface area (Å²) < 4.78 is 29.3. The molecule has 0 amide bonds. The highest BCUT2D eigenvalue weighted by Gasteiger charge is 2.26. The molecule has 1 saturated carbocycles. The molecule has 0 radical (unpaired) electrons.